The van der Waals surface area contributed by atoms with Crippen molar-refractivity contribution in [3.8, 4) is 0 Å². The van der Waals surface area contributed by atoms with E-state index in [2.05, 4.69) is 6.92 Å². The van der Waals surface area contributed by atoms with E-state index in [4.69, 9.17) is 24.7 Å². The average molecular weight is 305 g/mol. The highest BCUT2D eigenvalue weighted by Crippen LogP contribution is 2.04. The Morgan fingerprint density at radius 3 is 1.48 bits per heavy atom. The van der Waals surface area contributed by atoms with Crippen molar-refractivity contribution in [2.75, 3.05) is 59.4 Å². The third-order valence-electron chi connectivity index (χ3n) is 3.02. The lowest BCUT2D eigenvalue weighted by Crippen LogP contribution is -2.14. The topological polar surface area (TPSA) is 62.9 Å². The Morgan fingerprint density at radius 1 is 0.524 bits per heavy atom. The lowest BCUT2D eigenvalue weighted by atomic mass is 10.1. The Morgan fingerprint density at radius 2 is 0.952 bits per heavy atom. The molecule has 0 bridgehead atoms. The minimum absolute atomic E-state index is 0.557. The minimum atomic E-state index is 0.557. The summed E-state index contributed by atoms with van der Waals surface area (Å²) in [6, 6.07) is 0. The molecule has 2 N–H and O–H groups in total. The maximum atomic E-state index is 5.51. The van der Waals surface area contributed by atoms with Crippen LogP contribution in [0.2, 0.25) is 0 Å². The molecule has 0 heterocycles. The predicted octanol–water partition coefficient (Wildman–Crippen LogP) is 2.37. The molecule has 0 rings (SSSR count). The van der Waals surface area contributed by atoms with E-state index in [1.165, 1.54) is 32.1 Å². The molecule has 0 unspecified atom stereocenters. The molecule has 0 aliphatic rings. The van der Waals surface area contributed by atoms with Gasteiger partial charge >= 0.3 is 0 Å². The Balaban J connectivity index is 2.90. The van der Waals surface area contributed by atoms with E-state index in [0.717, 1.165) is 13.0 Å². The molecule has 0 amide bonds. The van der Waals surface area contributed by atoms with Gasteiger partial charge in [-0.1, -0.05) is 39.0 Å². The molecule has 0 saturated carbocycles. The highest BCUT2D eigenvalue weighted by molar-refractivity contribution is 4.43. The van der Waals surface area contributed by atoms with E-state index in [-0.39, 0.29) is 0 Å². The highest BCUT2D eigenvalue weighted by Gasteiger charge is 1.93. The van der Waals surface area contributed by atoms with Gasteiger partial charge in [-0.05, 0) is 6.42 Å². The smallest absolute Gasteiger partial charge is 0.0701 e. The van der Waals surface area contributed by atoms with Crippen molar-refractivity contribution in [3.05, 3.63) is 0 Å². The van der Waals surface area contributed by atoms with E-state index in [1.807, 2.05) is 0 Å². The van der Waals surface area contributed by atoms with Crippen LogP contribution in [0.15, 0.2) is 0 Å². The average Bonchev–Trinajstić information content (AvgIpc) is 2.50. The normalized spacial score (nSPS) is 11.1. The number of nitrogens with two attached hydrogens (primary N) is 1. The maximum Gasteiger partial charge on any atom is 0.0701 e. The quantitative estimate of drug-likeness (QED) is 0.394. The molecule has 128 valence electrons. The van der Waals surface area contributed by atoms with Crippen molar-refractivity contribution in [1.82, 2.24) is 0 Å². The first-order valence-corrected chi connectivity index (χ1v) is 8.42. The van der Waals surface area contributed by atoms with Crippen molar-refractivity contribution >= 4 is 0 Å². The van der Waals surface area contributed by atoms with Gasteiger partial charge in [0.15, 0.2) is 0 Å². The first-order valence-electron chi connectivity index (χ1n) is 8.42. The Labute approximate surface area is 130 Å². The fourth-order valence-corrected chi connectivity index (χ4v) is 1.83. The van der Waals surface area contributed by atoms with Gasteiger partial charge < -0.3 is 24.7 Å². The maximum absolute atomic E-state index is 5.51. The first-order chi connectivity index (χ1) is 10.4. The fourth-order valence-electron chi connectivity index (χ4n) is 1.83. The number of ether oxygens (including phenoxy) is 4. The molecule has 0 fully saturated rings. The molecule has 0 aromatic heterocycles. The largest absolute Gasteiger partial charge is 0.379 e. The van der Waals surface area contributed by atoms with E-state index < -0.39 is 0 Å². The van der Waals surface area contributed by atoms with Crippen LogP contribution >= 0.6 is 0 Å². The van der Waals surface area contributed by atoms with Crippen molar-refractivity contribution in [2.24, 2.45) is 5.73 Å². The summed E-state index contributed by atoms with van der Waals surface area (Å²) in [5.74, 6) is 0. The third kappa shape index (κ3) is 19.8. The Hall–Kier alpha value is -0.200. The van der Waals surface area contributed by atoms with Crippen molar-refractivity contribution < 1.29 is 18.9 Å². The molecule has 0 spiro atoms. The summed E-state index contributed by atoms with van der Waals surface area (Å²) < 4.78 is 21.5. The second-order valence-corrected chi connectivity index (χ2v) is 5.01. The molecule has 0 aromatic rings. The van der Waals surface area contributed by atoms with Crippen molar-refractivity contribution in [2.45, 2.75) is 45.4 Å². The second-order valence-electron chi connectivity index (χ2n) is 5.01. The van der Waals surface area contributed by atoms with Crippen molar-refractivity contribution in [1.29, 1.82) is 0 Å². The van der Waals surface area contributed by atoms with E-state index in [9.17, 15) is 0 Å². The molecule has 0 atom stereocenters. The molecular formula is C16H35NO4. The number of rotatable bonds is 18. The minimum Gasteiger partial charge on any atom is -0.379 e. The molecule has 0 aliphatic carbocycles. The first kappa shape index (κ1) is 20.8. The summed E-state index contributed by atoms with van der Waals surface area (Å²) in [6.07, 6.45) is 7.79. The zero-order chi connectivity index (χ0) is 15.4. The van der Waals surface area contributed by atoms with Crippen LogP contribution in [0, 0.1) is 0 Å². The molecule has 21 heavy (non-hydrogen) atoms. The van der Waals surface area contributed by atoms with Crippen LogP contribution in [-0.4, -0.2) is 59.4 Å². The van der Waals surface area contributed by atoms with Crippen LogP contribution in [0.1, 0.15) is 45.4 Å². The molecule has 5 nitrogen and oxygen atoms in total. The van der Waals surface area contributed by atoms with Crippen LogP contribution < -0.4 is 5.73 Å². The summed E-state index contributed by atoms with van der Waals surface area (Å²) >= 11 is 0. The number of hydrogen-bond donors (Lipinski definition) is 1. The highest BCUT2D eigenvalue weighted by atomic mass is 16.6. The number of unbranched alkanes of at least 4 members (excludes halogenated alkanes) is 5. The number of hydrogen-bond acceptors (Lipinski definition) is 5. The zero-order valence-electron chi connectivity index (χ0n) is 13.8. The summed E-state index contributed by atoms with van der Waals surface area (Å²) in [6.45, 7) is 7.96. The molecule has 5 heteroatoms. The molecular weight excluding hydrogens is 270 g/mol. The van der Waals surface area contributed by atoms with E-state index >= 15 is 0 Å². The molecule has 0 aliphatic heterocycles. The monoisotopic (exact) mass is 305 g/mol. The van der Waals surface area contributed by atoms with Gasteiger partial charge in [0.05, 0.1) is 46.2 Å². The van der Waals surface area contributed by atoms with Crippen molar-refractivity contribution in [3.63, 3.8) is 0 Å². The molecule has 0 aromatic carbocycles. The second kappa shape index (κ2) is 19.8. The zero-order valence-corrected chi connectivity index (χ0v) is 13.8. The van der Waals surface area contributed by atoms with Gasteiger partial charge in [-0.2, -0.15) is 0 Å². The third-order valence-corrected chi connectivity index (χ3v) is 3.02. The van der Waals surface area contributed by atoms with Gasteiger partial charge in [0, 0.05) is 13.2 Å². The Kier molecular flexibility index (Phi) is 19.6. The summed E-state index contributed by atoms with van der Waals surface area (Å²) in [4.78, 5) is 0. The summed E-state index contributed by atoms with van der Waals surface area (Å²) in [5.41, 5.74) is 5.30. The van der Waals surface area contributed by atoms with E-state index in [1.54, 1.807) is 0 Å². The lowest BCUT2D eigenvalue weighted by Gasteiger charge is -2.07. The fraction of sp³-hybridized carbons (Fsp3) is 1.00. The predicted molar refractivity (Wildman–Crippen MR) is 85.7 cm³/mol. The van der Waals surface area contributed by atoms with Crippen LogP contribution in [0.3, 0.4) is 0 Å². The van der Waals surface area contributed by atoms with Gasteiger partial charge in [-0.15, -0.1) is 0 Å². The lowest BCUT2D eigenvalue weighted by molar-refractivity contribution is -0.00135. The van der Waals surface area contributed by atoms with Gasteiger partial charge in [0.25, 0.3) is 0 Å². The van der Waals surface area contributed by atoms with Crippen LogP contribution in [0.25, 0.3) is 0 Å². The van der Waals surface area contributed by atoms with Gasteiger partial charge in [0.2, 0.25) is 0 Å². The SMILES string of the molecule is CCCCCCCCOCCOCCOCCOCCN. The van der Waals surface area contributed by atoms with Crippen LogP contribution in [0.4, 0.5) is 0 Å². The standard InChI is InChI=1S/C16H35NO4/c1-2-3-4-5-6-7-9-18-11-13-20-15-16-21-14-12-19-10-8-17/h2-17H2,1H3. The summed E-state index contributed by atoms with van der Waals surface area (Å²) in [7, 11) is 0. The summed E-state index contributed by atoms with van der Waals surface area (Å²) in [5, 5.41) is 0. The molecule has 0 radical (unpaired) electrons. The van der Waals surface area contributed by atoms with Crippen LogP contribution in [-0.2, 0) is 18.9 Å². The van der Waals surface area contributed by atoms with E-state index in [0.29, 0.717) is 52.8 Å². The van der Waals surface area contributed by atoms with Crippen LogP contribution in [0.5, 0.6) is 0 Å². The van der Waals surface area contributed by atoms with Gasteiger partial charge in [-0.25, -0.2) is 0 Å². The Bertz CT molecular complexity index is 164. The van der Waals surface area contributed by atoms with Gasteiger partial charge in [0.1, 0.15) is 0 Å². The molecule has 0 saturated heterocycles. The van der Waals surface area contributed by atoms with Gasteiger partial charge in [-0.3, -0.25) is 0 Å².